The Morgan fingerprint density at radius 1 is 0.652 bits per heavy atom. The fourth-order valence-corrected chi connectivity index (χ4v) is 5.68. The van der Waals surface area contributed by atoms with Crippen LogP contribution in [0.4, 0.5) is 0 Å². The topological polar surface area (TPSA) is 182 Å². The Hall–Kier alpha value is -5.07. The van der Waals surface area contributed by atoms with E-state index in [1.165, 1.54) is 0 Å². The van der Waals surface area contributed by atoms with Gasteiger partial charge in [0.2, 0.25) is 17.7 Å². The highest BCUT2D eigenvalue weighted by atomic mass is 32.1. The number of para-hydroxylation sites is 2. The second-order valence-electron chi connectivity index (χ2n) is 11.1. The zero-order valence-electron chi connectivity index (χ0n) is 24.9. The first-order valence-corrected chi connectivity index (χ1v) is 15.5. The number of carbonyl (C=O) groups excluding carboxylic acids is 3. The van der Waals surface area contributed by atoms with E-state index in [1.807, 2.05) is 78.9 Å². The summed E-state index contributed by atoms with van der Waals surface area (Å²) in [5.41, 5.74) is 10.4. The zero-order valence-corrected chi connectivity index (χ0v) is 25.8. The van der Waals surface area contributed by atoms with Crippen molar-refractivity contribution < 1.29 is 24.3 Å². The number of rotatable bonds is 14. The third-order valence-corrected chi connectivity index (χ3v) is 8.26. The number of nitrogens with two attached hydrogens (primary N) is 1. The lowest BCUT2D eigenvalue weighted by molar-refractivity contribution is -0.141. The maximum absolute atomic E-state index is 14.0. The molecule has 0 spiro atoms. The van der Waals surface area contributed by atoms with Crippen molar-refractivity contribution in [3.63, 3.8) is 0 Å². The van der Waals surface area contributed by atoms with Crippen LogP contribution in [0.25, 0.3) is 21.8 Å². The molecule has 0 saturated heterocycles. The summed E-state index contributed by atoms with van der Waals surface area (Å²) in [6.45, 7) is 0. The molecule has 2 heterocycles. The number of amides is 3. The van der Waals surface area contributed by atoms with Crippen LogP contribution in [0.1, 0.15) is 16.7 Å². The largest absolute Gasteiger partial charge is 0.480 e. The van der Waals surface area contributed by atoms with E-state index in [1.54, 1.807) is 12.4 Å². The number of carboxylic acid groups (broad SMARTS) is 1. The van der Waals surface area contributed by atoms with Crippen molar-refractivity contribution in [2.75, 3.05) is 5.75 Å². The molecule has 0 aliphatic heterocycles. The summed E-state index contributed by atoms with van der Waals surface area (Å²) in [6, 6.07) is 19.9. The molecule has 5 rings (SSSR count). The lowest BCUT2D eigenvalue weighted by atomic mass is 10.0. The minimum atomic E-state index is -1.27. The van der Waals surface area contributed by atoms with Gasteiger partial charge in [0.1, 0.15) is 18.1 Å². The number of aromatic amines is 2. The second kappa shape index (κ2) is 14.8. The van der Waals surface area contributed by atoms with E-state index in [2.05, 4.69) is 38.5 Å². The van der Waals surface area contributed by atoms with Crippen LogP contribution in [0.15, 0.2) is 91.3 Å². The first kappa shape index (κ1) is 32.3. The van der Waals surface area contributed by atoms with Crippen LogP contribution in [0, 0.1) is 0 Å². The predicted molar refractivity (Wildman–Crippen MR) is 179 cm³/mol. The summed E-state index contributed by atoms with van der Waals surface area (Å²) in [7, 11) is 0. The molecule has 11 nitrogen and oxygen atoms in total. The maximum atomic E-state index is 14.0. The van der Waals surface area contributed by atoms with Crippen LogP contribution in [-0.2, 0) is 38.4 Å². The number of aromatic nitrogens is 2. The van der Waals surface area contributed by atoms with E-state index in [4.69, 9.17) is 5.73 Å². The van der Waals surface area contributed by atoms with Crippen LogP contribution in [0.2, 0.25) is 0 Å². The van der Waals surface area contributed by atoms with E-state index in [0.717, 1.165) is 38.5 Å². The summed E-state index contributed by atoms with van der Waals surface area (Å²) >= 11 is 4.06. The third kappa shape index (κ3) is 7.76. The number of carboxylic acids is 1. The van der Waals surface area contributed by atoms with E-state index in [-0.39, 0.29) is 25.0 Å². The number of aliphatic carboxylic acids is 1. The normalized spacial score (nSPS) is 13.9. The van der Waals surface area contributed by atoms with Gasteiger partial charge in [0.15, 0.2) is 0 Å². The highest BCUT2D eigenvalue weighted by Crippen LogP contribution is 2.21. The molecule has 4 atom stereocenters. The number of hydrogen-bond donors (Lipinski definition) is 8. The van der Waals surface area contributed by atoms with Crippen LogP contribution in [-0.4, -0.2) is 68.7 Å². The second-order valence-corrected chi connectivity index (χ2v) is 11.5. The number of nitrogens with one attached hydrogen (secondary N) is 5. The van der Waals surface area contributed by atoms with Gasteiger partial charge in [0.25, 0.3) is 0 Å². The molecule has 46 heavy (non-hydrogen) atoms. The van der Waals surface area contributed by atoms with Gasteiger partial charge in [-0.15, -0.1) is 0 Å². The first-order chi connectivity index (χ1) is 22.2. The van der Waals surface area contributed by atoms with Crippen molar-refractivity contribution in [3.8, 4) is 0 Å². The third-order valence-electron chi connectivity index (χ3n) is 7.90. The molecule has 0 aliphatic rings. The van der Waals surface area contributed by atoms with Gasteiger partial charge in [-0.25, -0.2) is 4.79 Å². The van der Waals surface area contributed by atoms with Gasteiger partial charge in [-0.2, -0.15) is 12.6 Å². The van der Waals surface area contributed by atoms with Crippen molar-refractivity contribution >= 4 is 58.1 Å². The molecule has 5 aromatic rings. The van der Waals surface area contributed by atoms with Crippen molar-refractivity contribution in [3.05, 3.63) is 108 Å². The van der Waals surface area contributed by atoms with Gasteiger partial charge >= 0.3 is 5.97 Å². The average molecular weight is 641 g/mol. The number of hydrogen-bond acceptors (Lipinski definition) is 6. The van der Waals surface area contributed by atoms with Gasteiger partial charge < -0.3 is 36.8 Å². The fraction of sp³-hybridized carbons (Fsp3) is 0.235. The molecule has 12 heteroatoms. The van der Waals surface area contributed by atoms with E-state index >= 15 is 0 Å². The molecule has 2 aromatic heterocycles. The quantitative estimate of drug-likeness (QED) is 0.0863. The molecular formula is C34H36N6O5S. The van der Waals surface area contributed by atoms with Gasteiger partial charge in [0.05, 0.1) is 6.04 Å². The van der Waals surface area contributed by atoms with Gasteiger partial charge in [0, 0.05) is 52.8 Å². The molecule has 0 aliphatic carbocycles. The highest BCUT2D eigenvalue weighted by Gasteiger charge is 2.31. The van der Waals surface area contributed by atoms with Gasteiger partial charge in [-0.3, -0.25) is 14.4 Å². The van der Waals surface area contributed by atoms with Crippen molar-refractivity contribution in [1.82, 2.24) is 25.9 Å². The first-order valence-electron chi connectivity index (χ1n) is 14.9. The van der Waals surface area contributed by atoms with Crippen molar-refractivity contribution in [2.45, 2.75) is 43.4 Å². The van der Waals surface area contributed by atoms with Crippen LogP contribution in [0.3, 0.4) is 0 Å². The molecule has 0 radical (unpaired) electrons. The molecule has 8 N–H and O–H groups in total. The summed E-state index contributed by atoms with van der Waals surface area (Å²) < 4.78 is 0. The van der Waals surface area contributed by atoms with E-state index in [0.29, 0.717) is 0 Å². The van der Waals surface area contributed by atoms with Crippen molar-refractivity contribution in [1.29, 1.82) is 0 Å². The summed E-state index contributed by atoms with van der Waals surface area (Å²) in [6.07, 6.45) is 3.96. The van der Waals surface area contributed by atoms with E-state index in [9.17, 15) is 24.3 Å². The molecular weight excluding hydrogens is 604 g/mol. The molecule has 0 saturated carbocycles. The number of H-pyrrole nitrogens is 2. The summed E-state index contributed by atoms with van der Waals surface area (Å²) in [5, 5.41) is 19.4. The number of thiol groups is 1. The highest BCUT2D eigenvalue weighted by molar-refractivity contribution is 7.80. The number of fused-ring (bicyclic) bond motifs is 2. The Kier molecular flexibility index (Phi) is 10.4. The van der Waals surface area contributed by atoms with Crippen LogP contribution >= 0.6 is 12.6 Å². The Morgan fingerprint density at radius 3 is 1.61 bits per heavy atom. The molecule has 4 unspecified atom stereocenters. The lowest BCUT2D eigenvalue weighted by Crippen LogP contribution is -2.58. The summed E-state index contributed by atoms with van der Waals surface area (Å²) in [4.78, 5) is 58.9. The van der Waals surface area contributed by atoms with Crippen LogP contribution in [0.5, 0.6) is 0 Å². The van der Waals surface area contributed by atoms with Gasteiger partial charge in [-0.05, 0) is 35.2 Å². The zero-order chi connectivity index (χ0) is 32.6. The number of benzene rings is 3. The van der Waals surface area contributed by atoms with Crippen LogP contribution < -0.4 is 21.7 Å². The molecule has 238 valence electrons. The Bertz CT molecular complexity index is 1840. The maximum Gasteiger partial charge on any atom is 0.327 e. The Morgan fingerprint density at radius 2 is 1.11 bits per heavy atom. The molecule has 3 amide bonds. The minimum Gasteiger partial charge on any atom is -0.480 e. The molecule has 0 bridgehead atoms. The standard InChI is InChI=1S/C34H36N6O5S/c35-25(14-20-8-2-1-3-9-20)31(41)38-28(15-21-17-36-26-12-6-4-10-23(21)26)32(42)39-29(33(43)40-30(19-46)34(44)45)16-22-18-37-27-13-7-5-11-24(22)27/h1-13,17-18,25,28-30,36-37,46H,14-16,19,35H2,(H,38,41)(H,39,42)(H,40,43)(H,44,45). The molecule has 3 aromatic carbocycles. The predicted octanol–water partition coefficient (Wildman–Crippen LogP) is 2.47. The van der Waals surface area contributed by atoms with Crippen molar-refractivity contribution in [2.24, 2.45) is 5.73 Å². The smallest absolute Gasteiger partial charge is 0.327 e. The lowest BCUT2D eigenvalue weighted by Gasteiger charge is -2.25. The van der Waals surface area contributed by atoms with Gasteiger partial charge in [-0.1, -0.05) is 66.7 Å². The Balaban J connectivity index is 1.42. The average Bonchev–Trinajstić information content (AvgIpc) is 3.67. The Labute approximate surface area is 270 Å². The summed E-state index contributed by atoms with van der Waals surface area (Å²) in [5.74, 6) is -3.24. The monoisotopic (exact) mass is 640 g/mol. The minimum absolute atomic E-state index is 0.0573. The van der Waals surface area contributed by atoms with E-state index < -0.39 is 47.9 Å². The fourth-order valence-electron chi connectivity index (χ4n) is 5.43. The molecule has 0 fully saturated rings. The SMILES string of the molecule is NC(Cc1ccccc1)C(=O)NC(Cc1c[nH]c2ccccc12)C(=O)NC(Cc1c[nH]c2ccccc12)C(=O)NC(CS)C(=O)O. The number of carbonyl (C=O) groups is 4.